The van der Waals surface area contributed by atoms with E-state index in [-0.39, 0.29) is 18.8 Å². The fourth-order valence-electron chi connectivity index (χ4n) is 2.45. The van der Waals surface area contributed by atoms with Crippen LogP contribution in [0.15, 0.2) is 0 Å². The van der Waals surface area contributed by atoms with Gasteiger partial charge in [-0.1, -0.05) is 13.8 Å². The molecule has 0 heterocycles. The maximum atomic E-state index is 12.6. The van der Waals surface area contributed by atoms with Crippen molar-refractivity contribution in [2.45, 2.75) is 77.2 Å². The average Bonchev–Trinajstić information content (AvgIpc) is 2.60. The molecule has 12 nitrogen and oxygen atoms in total. The second-order valence-electron chi connectivity index (χ2n) is 7.54. The summed E-state index contributed by atoms with van der Waals surface area (Å²) in [5.41, 5.74) is 5.45. The number of hydrogen-bond donors (Lipinski definition) is 7. The third-order valence-corrected chi connectivity index (χ3v) is 4.08. The predicted octanol–water partition coefficient (Wildman–Crippen LogP) is -1.84. The van der Waals surface area contributed by atoms with Crippen molar-refractivity contribution in [3.63, 3.8) is 0 Å². The molecule has 0 radical (unpaired) electrons. The minimum absolute atomic E-state index is 0.0768. The maximum Gasteiger partial charge on any atom is 0.326 e. The molecule has 0 aliphatic rings. The topological polar surface area (TPSA) is 208 Å². The van der Waals surface area contributed by atoms with Crippen molar-refractivity contribution in [2.75, 3.05) is 0 Å². The van der Waals surface area contributed by atoms with Crippen LogP contribution in [0.5, 0.6) is 0 Å². The lowest BCUT2D eigenvalue weighted by Gasteiger charge is -2.26. The maximum absolute atomic E-state index is 12.6. The number of rotatable bonds is 13. The molecule has 172 valence electrons. The molecular formula is C18H32N4O8. The Labute approximate surface area is 174 Å². The van der Waals surface area contributed by atoms with Crippen LogP contribution in [0.25, 0.3) is 0 Å². The molecule has 0 rings (SSSR count). The molecule has 0 aromatic carbocycles. The standard InChI is InChI=1S/C18H32N4O8/c1-8(2)7-12(16(27)20-11(18(29)30)5-6-13(24)25)21-17(28)14(10(4)23)22-15(26)9(3)19/h8-12,14,23H,5-7,19H2,1-4H3,(H,20,27)(H,21,28)(H,22,26)(H,24,25)(H,29,30). The van der Waals surface area contributed by atoms with Crippen LogP contribution in [0.4, 0.5) is 0 Å². The van der Waals surface area contributed by atoms with Gasteiger partial charge in [-0.05, 0) is 32.6 Å². The zero-order chi connectivity index (χ0) is 23.6. The lowest BCUT2D eigenvalue weighted by atomic mass is 10.0. The molecule has 0 spiro atoms. The van der Waals surface area contributed by atoms with E-state index >= 15 is 0 Å². The molecule has 0 aliphatic heterocycles. The number of carboxylic acids is 2. The molecule has 8 N–H and O–H groups in total. The highest BCUT2D eigenvalue weighted by atomic mass is 16.4. The highest BCUT2D eigenvalue weighted by molar-refractivity contribution is 5.94. The number of nitrogens with one attached hydrogen (secondary N) is 3. The summed E-state index contributed by atoms with van der Waals surface area (Å²) >= 11 is 0. The first-order valence-electron chi connectivity index (χ1n) is 9.55. The fourth-order valence-corrected chi connectivity index (χ4v) is 2.45. The van der Waals surface area contributed by atoms with Crippen molar-refractivity contribution in [2.24, 2.45) is 11.7 Å². The molecule has 0 fully saturated rings. The number of aliphatic hydroxyl groups is 1. The zero-order valence-corrected chi connectivity index (χ0v) is 17.5. The smallest absolute Gasteiger partial charge is 0.326 e. The van der Waals surface area contributed by atoms with Gasteiger partial charge in [0.1, 0.15) is 18.1 Å². The lowest BCUT2D eigenvalue weighted by molar-refractivity contribution is -0.143. The van der Waals surface area contributed by atoms with Crippen LogP contribution in [0.2, 0.25) is 0 Å². The molecule has 5 unspecified atom stereocenters. The Kier molecular flexibility index (Phi) is 11.6. The van der Waals surface area contributed by atoms with Crippen molar-refractivity contribution >= 4 is 29.7 Å². The third kappa shape index (κ3) is 10.2. The summed E-state index contributed by atoms with van der Waals surface area (Å²) in [5.74, 6) is -5.06. The zero-order valence-electron chi connectivity index (χ0n) is 17.5. The van der Waals surface area contributed by atoms with Crippen LogP contribution in [-0.4, -0.2) is 75.3 Å². The Morgan fingerprint density at radius 3 is 1.77 bits per heavy atom. The molecule has 0 saturated heterocycles. The van der Waals surface area contributed by atoms with Gasteiger partial charge in [-0.25, -0.2) is 4.79 Å². The molecule has 3 amide bonds. The van der Waals surface area contributed by atoms with E-state index in [9.17, 15) is 34.2 Å². The Bertz CT molecular complexity index is 636. The number of hydrogen-bond acceptors (Lipinski definition) is 7. The number of carboxylic acid groups (broad SMARTS) is 2. The van der Waals surface area contributed by atoms with E-state index in [0.717, 1.165) is 0 Å². The van der Waals surface area contributed by atoms with Gasteiger partial charge in [0, 0.05) is 6.42 Å². The van der Waals surface area contributed by atoms with Gasteiger partial charge in [-0.3, -0.25) is 19.2 Å². The van der Waals surface area contributed by atoms with Crippen LogP contribution in [0.1, 0.15) is 47.0 Å². The first-order chi connectivity index (χ1) is 13.8. The Balaban J connectivity index is 5.38. The molecule has 0 saturated carbocycles. The Hall–Kier alpha value is -2.73. The summed E-state index contributed by atoms with van der Waals surface area (Å²) in [6, 6.07) is -4.93. The van der Waals surface area contributed by atoms with Crippen molar-refractivity contribution in [3.8, 4) is 0 Å². The van der Waals surface area contributed by atoms with Gasteiger partial charge in [0.15, 0.2) is 0 Å². The van der Waals surface area contributed by atoms with Gasteiger partial charge in [-0.15, -0.1) is 0 Å². The van der Waals surface area contributed by atoms with E-state index in [1.807, 2.05) is 0 Å². The summed E-state index contributed by atoms with van der Waals surface area (Å²) in [5, 5.41) is 34.7. The Morgan fingerprint density at radius 1 is 0.833 bits per heavy atom. The number of aliphatic hydroxyl groups excluding tert-OH is 1. The number of aliphatic carboxylic acids is 2. The van der Waals surface area contributed by atoms with Gasteiger partial charge in [0.25, 0.3) is 0 Å². The van der Waals surface area contributed by atoms with Crippen LogP contribution in [0.3, 0.4) is 0 Å². The molecule has 0 aromatic rings. The van der Waals surface area contributed by atoms with E-state index in [2.05, 4.69) is 16.0 Å². The van der Waals surface area contributed by atoms with Crippen LogP contribution in [0, 0.1) is 5.92 Å². The molecule has 12 heteroatoms. The first kappa shape index (κ1) is 27.3. The predicted molar refractivity (Wildman–Crippen MR) is 105 cm³/mol. The van der Waals surface area contributed by atoms with Crippen LogP contribution < -0.4 is 21.7 Å². The Morgan fingerprint density at radius 2 is 1.37 bits per heavy atom. The first-order valence-corrected chi connectivity index (χ1v) is 9.55. The molecule has 0 aromatic heterocycles. The molecule has 5 atom stereocenters. The third-order valence-electron chi connectivity index (χ3n) is 4.08. The fraction of sp³-hybridized carbons (Fsp3) is 0.722. The van der Waals surface area contributed by atoms with Gasteiger partial charge in [-0.2, -0.15) is 0 Å². The van der Waals surface area contributed by atoms with Crippen molar-refractivity contribution in [1.29, 1.82) is 0 Å². The molecule has 0 bridgehead atoms. The minimum atomic E-state index is -1.45. The SMILES string of the molecule is CC(C)CC(NC(=O)C(NC(=O)C(C)N)C(C)O)C(=O)NC(CCC(=O)O)C(=O)O. The summed E-state index contributed by atoms with van der Waals surface area (Å²) < 4.78 is 0. The molecule has 30 heavy (non-hydrogen) atoms. The van der Waals surface area contributed by atoms with Gasteiger partial charge in [0.05, 0.1) is 12.1 Å². The molecular weight excluding hydrogens is 400 g/mol. The average molecular weight is 432 g/mol. The number of carbonyl (C=O) groups excluding carboxylic acids is 3. The number of amides is 3. The van der Waals surface area contributed by atoms with Crippen molar-refractivity contribution in [1.82, 2.24) is 16.0 Å². The quantitative estimate of drug-likeness (QED) is 0.174. The highest BCUT2D eigenvalue weighted by Gasteiger charge is 2.32. The van der Waals surface area contributed by atoms with Gasteiger partial charge < -0.3 is 37.0 Å². The second kappa shape index (κ2) is 12.8. The van der Waals surface area contributed by atoms with Crippen LogP contribution in [-0.2, 0) is 24.0 Å². The summed E-state index contributed by atoms with van der Waals surface area (Å²) in [4.78, 5) is 58.9. The minimum Gasteiger partial charge on any atom is -0.481 e. The van der Waals surface area contributed by atoms with Crippen molar-refractivity contribution in [3.05, 3.63) is 0 Å². The highest BCUT2D eigenvalue weighted by Crippen LogP contribution is 2.08. The van der Waals surface area contributed by atoms with E-state index in [1.54, 1.807) is 13.8 Å². The monoisotopic (exact) mass is 432 g/mol. The van der Waals surface area contributed by atoms with Crippen LogP contribution >= 0.6 is 0 Å². The summed E-state index contributed by atoms with van der Waals surface area (Å²) in [6.45, 7) is 6.21. The van der Waals surface area contributed by atoms with Crippen molar-refractivity contribution < 1.29 is 39.3 Å². The van der Waals surface area contributed by atoms with Gasteiger partial charge >= 0.3 is 11.9 Å². The summed E-state index contributed by atoms with van der Waals surface area (Å²) in [7, 11) is 0. The number of nitrogens with two attached hydrogens (primary N) is 1. The van der Waals surface area contributed by atoms with E-state index in [4.69, 9.17) is 10.8 Å². The molecule has 0 aliphatic carbocycles. The lowest BCUT2D eigenvalue weighted by Crippen LogP contribution is -2.59. The normalized spacial score (nSPS) is 16.0. The van der Waals surface area contributed by atoms with E-state index in [0.29, 0.717) is 0 Å². The second-order valence-corrected chi connectivity index (χ2v) is 7.54. The van der Waals surface area contributed by atoms with Gasteiger partial charge in [0.2, 0.25) is 17.7 Å². The largest absolute Gasteiger partial charge is 0.481 e. The van der Waals surface area contributed by atoms with E-state index < -0.39 is 66.4 Å². The number of carbonyl (C=O) groups is 5. The summed E-state index contributed by atoms with van der Waals surface area (Å²) in [6.07, 6.45) is -1.96. The van der Waals surface area contributed by atoms with E-state index in [1.165, 1.54) is 13.8 Å².